The van der Waals surface area contributed by atoms with Crippen LogP contribution >= 0.6 is 0 Å². The summed E-state index contributed by atoms with van der Waals surface area (Å²) in [7, 11) is 5.05. The van der Waals surface area contributed by atoms with E-state index < -0.39 is 0 Å². The zero-order valence-corrected chi connectivity index (χ0v) is 25.1. The molecule has 0 radical (unpaired) electrons. The Bertz CT molecular complexity index is 1290. The van der Waals surface area contributed by atoms with Crippen molar-refractivity contribution in [3.63, 3.8) is 0 Å². The predicted molar refractivity (Wildman–Crippen MR) is 166 cm³/mol. The zero-order chi connectivity index (χ0) is 29.3. The van der Waals surface area contributed by atoms with Crippen LogP contribution in [0.5, 0.6) is 17.2 Å². The maximum absolute atomic E-state index is 13.2. The van der Waals surface area contributed by atoms with E-state index in [2.05, 4.69) is 34.5 Å². The minimum absolute atomic E-state index is 0.0451. The topological polar surface area (TPSA) is 69.3 Å². The van der Waals surface area contributed by atoms with Crippen LogP contribution in [0.1, 0.15) is 60.4 Å². The second-order valence-electron chi connectivity index (χ2n) is 11.4. The fourth-order valence-corrected chi connectivity index (χ4v) is 6.19. The average molecular weight is 573 g/mol. The second kappa shape index (κ2) is 14.6. The summed E-state index contributed by atoms with van der Waals surface area (Å²) >= 11 is 0. The monoisotopic (exact) mass is 572 g/mol. The number of amides is 1. The molecule has 0 bridgehead atoms. The van der Waals surface area contributed by atoms with Crippen molar-refractivity contribution in [2.45, 2.75) is 56.6 Å². The quantitative estimate of drug-likeness (QED) is 0.290. The third kappa shape index (κ3) is 7.64. The smallest absolute Gasteiger partial charge is 0.251 e. The van der Waals surface area contributed by atoms with Gasteiger partial charge in [0.1, 0.15) is 23.4 Å². The molecule has 42 heavy (non-hydrogen) atoms. The number of hydrogen-bond acceptors (Lipinski definition) is 6. The van der Waals surface area contributed by atoms with Crippen molar-refractivity contribution in [3.05, 3.63) is 77.9 Å². The molecule has 2 aliphatic rings. The largest absolute Gasteiger partial charge is 0.497 e. The summed E-state index contributed by atoms with van der Waals surface area (Å²) in [4.78, 5) is 15.7. The van der Waals surface area contributed by atoms with Gasteiger partial charge in [-0.05, 0) is 98.0 Å². The molecule has 0 aromatic heterocycles. The van der Waals surface area contributed by atoms with Gasteiger partial charge in [0.05, 0.1) is 20.8 Å². The molecule has 7 heteroatoms. The maximum Gasteiger partial charge on any atom is 0.251 e. The third-order valence-corrected chi connectivity index (χ3v) is 8.71. The lowest BCUT2D eigenvalue weighted by Crippen LogP contribution is -2.39. The molecule has 0 unspecified atom stereocenters. The van der Waals surface area contributed by atoms with Crippen molar-refractivity contribution in [1.82, 2.24) is 10.2 Å². The van der Waals surface area contributed by atoms with Crippen LogP contribution in [0.4, 0.5) is 0 Å². The highest BCUT2D eigenvalue weighted by Crippen LogP contribution is 2.35. The molecule has 1 aliphatic heterocycles. The van der Waals surface area contributed by atoms with Crippen molar-refractivity contribution < 1.29 is 23.7 Å². The lowest BCUT2D eigenvalue weighted by Gasteiger charge is -2.32. The van der Waals surface area contributed by atoms with Crippen LogP contribution in [0.25, 0.3) is 11.1 Å². The van der Waals surface area contributed by atoms with Crippen LogP contribution in [-0.4, -0.2) is 70.5 Å². The maximum atomic E-state index is 13.2. The van der Waals surface area contributed by atoms with E-state index in [1.807, 2.05) is 42.5 Å². The molecule has 0 atom stereocenters. The van der Waals surface area contributed by atoms with Crippen LogP contribution in [0, 0.1) is 0 Å². The number of likely N-dealkylation sites (tertiary alicyclic amines) is 1. The van der Waals surface area contributed by atoms with E-state index in [9.17, 15) is 4.79 Å². The summed E-state index contributed by atoms with van der Waals surface area (Å²) in [6.07, 6.45) is 6.45. The lowest BCUT2D eigenvalue weighted by atomic mass is 9.81. The molecule has 1 heterocycles. The zero-order valence-electron chi connectivity index (χ0n) is 25.1. The van der Waals surface area contributed by atoms with E-state index >= 15 is 0 Å². The number of ether oxygens (including phenoxy) is 4. The molecule has 3 aromatic rings. The molecule has 224 valence electrons. The Morgan fingerprint density at radius 1 is 0.833 bits per heavy atom. The molecular formula is C35H44N2O5. The first-order valence-electron chi connectivity index (χ1n) is 15.2. The third-order valence-electron chi connectivity index (χ3n) is 8.71. The molecule has 1 saturated heterocycles. The first-order chi connectivity index (χ1) is 20.6. The number of rotatable bonds is 11. The number of carbonyl (C=O) groups excluding carboxylic acids is 1. The average Bonchev–Trinajstić information content (AvgIpc) is 3.05. The molecule has 1 N–H and O–H groups in total. The van der Waals surface area contributed by atoms with Crippen molar-refractivity contribution >= 4 is 5.91 Å². The SMILES string of the molecule is COCCN1CCC(Oc2ccc(C3CCC(NC(=O)c4ccc(OC)c(-c5cccc(OC)c5)c4)CC3)cc2)CC1. The van der Waals surface area contributed by atoms with Gasteiger partial charge in [-0.1, -0.05) is 24.3 Å². The molecule has 1 amide bonds. The van der Waals surface area contributed by atoms with Gasteiger partial charge < -0.3 is 29.2 Å². The summed E-state index contributed by atoms with van der Waals surface area (Å²) in [5.74, 6) is 2.91. The first-order valence-corrected chi connectivity index (χ1v) is 15.2. The number of piperidine rings is 1. The van der Waals surface area contributed by atoms with Crippen LogP contribution in [-0.2, 0) is 4.74 Å². The van der Waals surface area contributed by atoms with E-state index in [0.29, 0.717) is 11.5 Å². The fourth-order valence-electron chi connectivity index (χ4n) is 6.19. The summed E-state index contributed by atoms with van der Waals surface area (Å²) in [6.45, 7) is 3.91. The molecule has 5 rings (SSSR count). The van der Waals surface area contributed by atoms with Gasteiger partial charge >= 0.3 is 0 Å². The van der Waals surface area contributed by atoms with Gasteiger partial charge in [-0.15, -0.1) is 0 Å². The number of nitrogens with zero attached hydrogens (tertiary/aromatic N) is 1. The normalized spacial score (nSPS) is 19.7. The first kappa shape index (κ1) is 29.9. The fraction of sp³-hybridized carbons (Fsp3) is 0.457. The number of methoxy groups -OCH3 is 3. The van der Waals surface area contributed by atoms with Crippen LogP contribution in [0.3, 0.4) is 0 Å². The number of hydrogen-bond donors (Lipinski definition) is 1. The van der Waals surface area contributed by atoms with E-state index in [1.54, 1.807) is 21.3 Å². The Kier molecular flexibility index (Phi) is 10.4. The molecule has 1 saturated carbocycles. The van der Waals surface area contributed by atoms with Crippen LogP contribution in [0.2, 0.25) is 0 Å². The van der Waals surface area contributed by atoms with E-state index in [4.69, 9.17) is 18.9 Å². The highest BCUT2D eigenvalue weighted by molar-refractivity contribution is 5.96. The van der Waals surface area contributed by atoms with E-state index in [-0.39, 0.29) is 18.1 Å². The lowest BCUT2D eigenvalue weighted by molar-refractivity contribution is 0.0797. The van der Waals surface area contributed by atoms with Crippen molar-refractivity contribution in [2.75, 3.05) is 47.6 Å². The Morgan fingerprint density at radius 3 is 2.29 bits per heavy atom. The Balaban J connectivity index is 1.11. The van der Waals surface area contributed by atoms with Gasteiger partial charge in [-0.3, -0.25) is 4.79 Å². The highest BCUT2D eigenvalue weighted by Gasteiger charge is 2.25. The van der Waals surface area contributed by atoms with Gasteiger partial charge in [-0.25, -0.2) is 0 Å². The molecule has 2 fully saturated rings. The molecular weight excluding hydrogens is 528 g/mol. The number of benzene rings is 3. The molecule has 7 nitrogen and oxygen atoms in total. The molecule has 3 aromatic carbocycles. The van der Waals surface area contributed by atoms with E-state index in [0.717, 1.165) is 93.1 Å². The Labute approximate surface area is 250 Å². The number of carbonyl (C=O) groups is 1. The summed E-state index contributed by atoms with van der Waals surface area (Å²) in [5.41, 5.74) is 3.81. The van der Waals surface area contributed by atoms with E-state index in [1.165, 1.54) is 5.56 Å². The Morgan fingerprint density at radius 2 is 1.60 bits per heavy atom. The highest BCUT2D eigenvalue weighted by atomic mass is 16.5. The molecule has 1 aliphatic carbocycles. The Hall–Kier alpha value is -3.55. The summed E-state index contributed by atoms with van der Waals surface area (Å²) < 4.78 is 22.5. The van der Waals surface area contributed by atoms with Gasteiger partial charge in [-0.2, -0.15) is 0 Å². The van der Waals surface area contributed by atoms with Gasteiger partial charge in [0, 0.05) is 43.9 Å². The van der Waals surface area contributed by atoms with Crippen molar-refractivity contribution in [1.29, 1.82) is 0 Å². The minimum Gasteiger partial charge on any atom is -0.497 e. The summed E-state index contributed by atoms with van der Waals surface area (Å²) in [5, 5.41) is 3.28. The molecule has 0 spiro atoms. The minimum atomic E-state index is -0.0451. The predicted octanol–water partition coefficient (Wildman–Crippen LogP) is 6.32. The van der Waals surface area contributed by atoms with Gasteiger partial charge in [0.2, 0.25) is 0 Å². The second-order valence-corrected chi connectivity index (χ2v) is 11.4. The van der Waals surface area contributed by atoms with Gasteiger partial charge in [0.25, 0.3) is 5.91 Å². The van der Waals surface area contributed by atoms with Crippen LogP contribution in [0.15, 0.2) is 66.7 Å². The van der Waals surface area contributed by atoms with Gasteiger partial charge in [0.15, 0.2) is 0 Å². The van der Waals surface area contributed by atoms with Crippen molar-refractivity contribution in [3.8, 4) is 28.4 Å². The van der Waals surface area contributed by atoms with Crippen LogP contribution < -0.4 is 19.5 Å². The standard InChI is InChI=1S/C35H44N2O5/c1-39-22-21-37-19-17-31(18-20-37)42-30-14-9-26(10-15-30)25-7-12-29(13-8-25)36-35(38)28-11-16-34(41-3)33(24-28)27-5-4-6-32(23-27)40-2/h4-6,9-11,14-16,23-25,29,31H,7-8,12-13,17-22H2,1-3H3,(H,36,38). The number of nitrogens with one attached hydrogen (secondary N) is 1. The summed E-state index contributed by atoms with van der Waals surface area (Å²) in [6, 6.07) is 22.3. The van der Waals surface area contributed by atoms with Crippen molar-refractivity contribution in [2.24, 2.45) is 0 Å².